The quantitative estimate of drug-likeness (QED) is 0.702. The molecule has 1 heterocycles. The number of rotatable bonds is 3. The molecule has 0 spiro atoms. The summed E-state index contributed by atoms with van der Waals surface area (Å²) in [5.74, 6) is 0.292. The Morgan fingerprint density at radius 1 is 1.50 bits per heavy atom. The third-order valence-corrected chi connectivity index (χ3v) is 2.96. The highest BCUT2D eigenvalue weighted by molar-refractivity contribution is 5.89. The van der Waals surface area contributed by atoms with Crippen molar-refractivity contribution < 1.29 is 9.59 Å². The molecule has 1 aliphatic rings. The molecule has 0 aromatic carbocycles. The van der Waals surface area contributed by atoms with Crippen LogP contribution in [0.15, 0.2) is 0 Å². The molecule has 1 fully saturated rings. The van der Waals surface area contributed by atoms with Gasteiger partial charge in [-0.05, 0) is 19.3 Å². The first-order valence-electron chi connectivity index (χ1n) is 5.11. The predicted octanol–water partition coefficient (Wildman–Crippen LogP) is 0.161. The van der Waals surface area contributed by atoms with Crippen LogP contribution in [0.1, 0.15) is 26.7 Å². The number of nitrogens with zero attached hydrogens (tertiary/aromatic N) is 1. The molecular weight excluding hydrogens is 180 g/mol. The molecule has 1 unspecified atom stereocenters. The minimum Gasteiger partial charge on any atom is -0.331 e. The van der Waals surface area contributed by atoms with Crippen molar-refractivity contribution in [1.29, 1.82) is 0 Å². The van der Waals surface area contributed by atoms with Crippen LogP contribution in [0.2, 0.25) is 0 Å². The minimum atomic E-state index is -0.226. The summed E-state index contributed by atoms with van der Waals surface area (Å²) in [6.07, 6.45) is 1.87. The van der Waals surface area contributed by atoms with Crippen LogP contribution >= 0.6 is 0 Å². The summed E-state index contributed by atoms with van der Waals surface area (Å²) in [6.45, 7) is 4.28. The van der Waals surface area contributed by atoms with Crippen molar-refractivity contribution >= 4 is 11.7 Å². The predicted molar refractivity (Wildman–Crippen MR) is 53.6 cm³/mol. The maximum Gasteiger partial charge on any atom is 0.236 e. The highest BCUT2D eigenvalue weighted by Crippen LogP contribution is 2.27. The number of hydrogen-bond acceptors (Lipinski definition) is 3. The number of nitrogens with two attached hydrogens (primary N) is 1. The molecule has 14 heavy (non-hydrogen) atoms. The van der Waals surface area contributed by atoms with Crippen molar-refractivity contribution in [3.05, 3.63) is 0 Å². The summed E-state index contributed by atoms with van der Waals surface area (Å²) in [5, 5.41) is 0. The first-order chi connectivity index (χ1) is 6.61. The van der Waals surface area contributed by atoms with E-state index < -0.39 is 0 Å². The first kappa shape index (κ1) is 11.2. The van der Waals surface area contributed by atoms with Crippen LogP contribution < -0.4 is 5.73 Å². The van der Waals surface area contributed by atoms with Gasteiger partial charge in [0.2, 0.25) is 5.91 Å². The van der Waals surface area contributed by atoms with Crippen LogP contribution in [0.5, 0.6) is 0 Å². The van der Waals surface area contributed by atoms with Crippen molar-refractivity contribution in [3.8, 4) is 0 Å². The van der Waals surface area contributed by atoms with Crippen LogP contribution in [0.25, 0.3) is 0 Å². The fourth-order valence-corrected chi connectivity index (χ4v) is 2.23. The summed E-state index contributed by atoms with van der Waals surface area (Å²) < 4.78 is 0. The number of likely N-dealkylation sites (tertiary alicyclic amines) is 1. The van der Waals surface area contributed by atoms with E-state index in [1.807, 2.05) is 0 Å². The average Bonchev–Trinajstić information content (AvgIpc) is 2.59. The molecule has 0 bridgehead atoms. The zero-order valence-corrected chi connectivity index (χ0v) is 8.82. The summed E-state index contributed by atoms with van der Waals surface area (Å²) in [5.41, 5.74) is 5.30. The standard InChI is InChI=1S/C10H18N2O2/c1-3-8-4-5-12(9(14)6-11)10(8)7(2)13/h8,10H,3-6,11H2,1-2H3/t8?,10-/m1/s1. The number of hydrogen-bond donors (Lipinski definition) is 1. The maximum absolute atomic E-state index is 11.4. The van der Waals surface area contributed by atoms with E-state index in [-0.39, 0.29) is 24.3 Å². The fraction of sp³-hybridized carbons (Fsp3) is 0.800. The van der Waals surface area contributed by atoms with E-state index >= 15 is 0 Å². The topological polar surface area (TPSA) is 63.4 Å². The second kappa shape index (κ2) is 4.55. The largest absolute Gasteiger partial charge is 0.331 e. The van der Waals surface area contributed by atoms with Gasteiger partial charge < -0.3 is 10.6 Å². The van der Waals surface area contributed by atoms with Crippen molar-refractivity contribution in [2.75, 3.05) is 13.1 Å². The van der Waals surface area contributed by atoms with Crippen LogP contribution in [0, 0.1) is 5.92 Å². The number of amides is 1. The van der Waals surface area contributed by atoms with Gasteiger partial charge in [0.1, 0.15) is 0 Å². The van der Waals surface area contributed by atoms with Crippen LogP contribution in [0.4, 0.5) is 0 Å². The molecular formula is C10H18N2O2. The van der Waals surface area contributed by atoms with Crippen LogP contribution in [-0.4, -0.2) is 35.7 Å². The van der Waals surface area contributed by atoms with E-state index in [2.05, 4.69) is 6.92 Å². The van der Waals surface area contributed by atoms with Crippen LogP contribution in [0.3, 0.4) is 0 Å². The Kier molecular flexibility index (Phi) is 3.63. The molecule has 0 aromatic heterocycles. The molecule has 2 N–H and O–H groups in total. The minimum absolute atomic E-state index is 0.000213. The monoisotopic (exact) mass is 198 g/mol. The number of Topliss-reactive ketones (excluding diaryl/α,β-unsaturated/α-hetero) is 1. The van der Waals surface area contributed by atoms with Crippen molar-refractivity contribution in [2.45, 2.75) is 32.7 Å². The molecule has 0 aromatic rings. The molecule has 0 radical (unpaired) electrons. The zero-order valence-electron chi connectivity index (χ0n) is 8.82. The summed E-state index contributed by atoms with van der Waals surface area (Å²) in [6, 6.07) is -0.226. The molecule has 4 nitrogen and oxygen atoms in total. The lowest BCUT2D eigenvalue weighted by molar-refractivity contribution is -0.136. The Labute approximate surface area is 84.4 Å². The Morgan fingerprint density at radius 2 is 2.14 bits per heavy atom. The van der Waals surface area contributed by atoms with Gasteiger partial charge in [-0.2, -0.15) is 0 Å². The van der Waals surface area contributed by atoms with E-state index in [4.69, 9.17) is 5.73 Å². The highest BCUT2D eigenvalue weighted by atomic mass is 16.2. The molecule has 2 atom stereocenters. The molecule has 1 amide bonds. The highest BCUT2D eigenvalue weighted by Gasteiger charge is 2.38. The number of carbonyl (C=O) groups is 2. The Morgan fingerprint density at radius 3 is 2.57 bits per heavy atom. The van der Waals surface area contributed by atoms with Crippen molar-refractivity contribution in [3.63, 3.8) is 0 Å². The molecule has 1 rings (SSSR count). The second-order valence-electron chi connectivity index (χ2n) is 3.80. The van der Waals surface area contributed by atoms with E-state index in [1.165, 1.54) is 0 Å². The normalized spacial score (nSPS) is 26.6. The summed E-state index contributed by atoms with van der Waals surface area (Å²) >= 11 is 0. The lowest BCUT2D eigenvalue weighted by Gasteiger charge is -2.25. The van der Waals surface area contributed by atoms with E-state index in [0.717, 1.165) is 12.8 Å². The third kappa shape index (κ3) is 1.95. The van der Waals surface area contributed by atoms with Gasteiger partial charge in [-0.15, -0.1) is 0 Å². The Bertz CT molecular complexity index is 240. The molecule has 1 saturated heterocycles. The fourth-order valence-electron chi connectivity index (χ4n) is 2.23. The first-order valence-corrected chi connectivity index (χ1v) is 5.11. The molecule has 1 aliphatic heterocycles. The maximum atomic E-state index is 11.4. The van der Waals surface area contributed by atoms with Gasteiger partial charge in [0.25, 0.3) is 0 Å². The van der Waals surface area contributed by atoms with Gasteiger partial charge in [0.05, 0.1) is 12.6 Å². The van der Waals surface area contributed by atoms with Gasteiger partial charge >= 0.3 is 0 Å². The van der Waals surface area contributed by atoms with Gasteiger partial charge in [-0.1, -0.05) is 13.3 Å². The van der Waals surface area contributed by atoms with Gasteiger partial charge in [0, 0.05) is 6.54 Å². The van der Waals surface area contributed by atoms with Gasteiger partial charge in [-0.3, -0.25) is 9.59 Å². The second-order valence-corrected chi connectivity index (χ2v) is 3.80. The lowest BCUT2D eigenvalue weighted by atomic mass is 9.95. The van der Waals surface area contributed by atoms with Gasteiger partial charge in [-0.25, -0.2) is 0 Å². The van der Waals surface area contributed by atoms with E-state index in [9.17, 15) is 9.59 Å². The summed E-state index contributed by atoms with van der Waals surface area (Å²) in [7, 11) is 0. The summed E-state index contributed by atoms with van der Waals surface area (Å²) in [4.78, 5) is 24.5. The van der Waals surface area contributed by atoms with Crippen LogP contribution in [-0.2, 0) is 9.59 Å². The molecule has 0 aliphatic carbocycles. The van der Waals surface area contributed by atoms with E-state index in [1.54, 1.807) is 11.8 Å². The Balaban J connectivity index is 2.78. The van der Waals surface area contributed by atoms with E-state index in [0.29, 0.717) is 12.5 Å². The Hall–Kier alpha value is -0.900. The SMILES string of the molecule is CCC1CCN(C(=O)CN)[C@@H]1C(C)=O. The zero-order chi connectivity index (χ0) is 10.7. The van der Waals surface area contributed by atoms with Crippen molar-refractivity contribution in [1.82, 2.24) is 4.90 Å². The number of ketones is 1. The van der Waals surface area contributed by atoms with Gasteiger partial charge in [0.15, 0.2) is 5.78 Å². The molecule has 0 saturated carbocycles. The molecule has 4 heteroatoms. The molecule has 80 valence electrons. The smallest absolute Gasteiger partial charge is 0.236 e. The average molecular weight is 198 g/mol. The number of carbonyl (C=O) groups excluding carboxylic acids is 2. The third-order valence-electron chi connectivity index (χ3n) is 2.96. The van der Waals surface area contributed by atoms with Crippen molar-refractivity contribution in [2.24, 2.45) is 11.7 Å². The lowest BCUT2D eigenvalue weighted by Crippen LogP contribution is -2.44.